The Bertz CT molecular complexity index is 354. The van der Waals surface area contributed by atoms with E-state index < -0.39 is 0 Å². The summed E-state index contributed by atoms with van der Waals surface area (Å²) in [5.74, 6) is 3.94. The predicted molar refractivity (Wildman–Crippen MR) is 81.6 cm³/mol. The fraction of sp³-hybridized carbons (Fsp3) is 0.600. The molecule has 102 valence electrons. The number of rotatable bonds is 8. The zero-order valence-electron chi connectivity index (χ0n) is 11.7. The van der Waals surface area contributed by atoms with Gasteiger partial charge in [0.25, 0.3) is 0 Å². The molecule has 0 radical (unpaired) electrons. The van der Waals surface area contributed by atoms with Gasteiger partial charge >= 0.3 is 0 Å². The summed E-state index contributed by atoms with van der Waals surface area (Å²) in [5.41, 5.74) is 8.05. The summed E-state index contributed by atoms with van der Waals surface area (Å²) in [6.07, 6.45) is 1.09. The standard InChI is InChI=1S/C15H25NOS/c1-12-5-6-14(3)15(9-12)17-7-4-8-18-11-13(2)10-16/h5-6,9,13H,4,7-8,10-11,16H2,1-3H3. The maximum Gasteiger partial charge on any atom is 0.122 e. The highest BCUT2D eigenvalue weighted by molar-refractivity contribution is 7.99. The zero-order chi connectivity index (χ0) is 13.4. The lowest BCUT2D eigenvalue weighted by atomic mass is 10.1. The summed E-state index contributed by atoms with van der Waals surface area (Å²) in [5, 5.41) is 0. The first-order valence-electron chi connectivity index (χ1n) is 6.61. The van der Waals surface area contributed by atoms with Crippen molar-refractivity contribution < 1.29 is 4.74 Å². The monoisotopic (exact) mass is 267 g/mol. The highest BCUT2D eigenvalue weighted by Crippen LogP contribution is 2.19. The zero-order valence-corrected chi connectivity index (χ0v) is 12.6. The third-order valence-electron chi connectivity index (χ3n) is 2.84. The molecule has 0 aliphatic rings. The lowest BCUT2D eigenvalue weighted by Gasteiger charge is -2.10. The maximum atomic E-state index is 5.81. The molecule has 0 saturated carbocycles. The molecule has 1 atom stereocenters. The first-order chi connectivity index (χ1) is 8.63. The Morgan fingerprint density at radius 3 is 2.83 bits per heavy atom. The lowest BCUT2D eigenvalue weighted by molar-refractivity contribution is 0.316. The molecule has 18 heavy (non-hydrogen) atoms. The summed E-state index contributed by atoms with van der Waals surface area (Å²) in [6.45, 7) is 7.96. The smallest absolute Gasteiger partial charge is 0.122 e. The van der Waals surface area contributed by atoms with Gasteiger partial charge in [-0.05, 0) is 61.4 Å². The SMILES string of the molecule is Cc1ccc(C)c(OCCCSCC(C)CN)c1. The Labute approximate surface area is 115 Å². The molecule has 1 unspecified atom stereocenters. The molecular weight excluding hydrogens is 242 g/mol. The largest absolute Gasteiger partial charge is 0.493 e. The minimum absolute atomic E-state index is 0.620. The highest BCUT2D eigenvalue weighted by atomic mass is 32.2. The van der Waals surface area contributed by atoms with E-state index in [0.717, 1.165) is 36.8 Å². The quantitative estimate of drug-likeness (QED) is 0.733. The van der Waals surface area contributed by atoms with Gasteiger partial charge in [0.1, 0.15) is 5.75 Å². The van der Waals surface area contributed by atoms with Crippen molar-refractivity contribution in [1.29, 1.82) is 0 Å². The molecule has 0 aromatic heterocycles. The van der Waals surface area contributed by atoms with Gasteiger partial charge in [-0.2, -0.15) is 11.8 Å². The second-order valence-corrected chi connectivity index (χ2v) is 6.04. The summed E-state index contributed by atoms with van der Waals surface area (Å²) in [6, 6.07) is 6.34. The van der Waals surface area contributed by atoms with Gasteiger partial charge in [-0.25, -0.2) is 0 Å². The van der Waals surface area contributed by atoms with Crippen LogP contribution >= 0.6 is 11.8 Å². The number of hydrogen-bond donors (Lipinski definition) is 1. The van der Waals surface area contributed by atoms with E-state index in [1.165, 1.54) is 11.1 Å². The van der Waals surface area contributed by atoms with Crippen molar-refractivity contribution in [2.45, 2.75) is 27.2 Å². The average Bonchev–Trinajstić information content (AvgIpc) is 2.37. The van der Waals surface area contributed by atoms with Crippen LogP contribution in [-0.4, -0.2) is 24.7 Å². The molecule has 0 bridgehead atoms. The Hall–Kier alpha value is -0.670. The van der Waals surface area contributed by atoms with Gasteiger partial charge in [-0.15, -0.1) is 0 Å². The number of thioether (sulfide) groups is 1. The first kappa shape index (κ1) is 15.4. The van der Waals surface area contributed by atoms with Crippen LogP contribution < -0.4 is 10.5 Å². The van der Waals surface area contributed by atoms with E-state index in [2.05, 4.69) is 39.0 Å². The third kappa shape index (κ3) is 5.78. The Morgan fingerprint density at radius 1 is 1.33 bits per heavy atom. The van der Waals surface area contributed by atoms with Gasteiger partial charge < -0.3 is 10.5 Å². The van der Waals surface area contributed by atoms with E-state index in [9.17, 15) is 0 Å². The summed E-state index contributed by atoms with van der Waals surface area (Å²) >= 11 is 1.97. The molecular formula is C15H25NOS. The third-order valence-corrected chi connectivity index (χ3v) is 4.22. The van der Waals surface area contributed by atoms with Crippen LogP contribution in [0.25, 0.3) is 0 Å². The minimum atomic E-state index is 0.620. The van der Waals surface area contributed by atoms with Gasteiger partial charge in [0.05, 0.1) is 6.61 Å². The van der Waals surface area contributed by atoms with Crippen LogP contribution in [0.5, 0.6) is 5.75 Å². The molecule has 1 rings (SSSR count). The van der Waals surface area contributed by atoms with Crippen LogP contribution in [0.1, 0.15) is 24.5 Å². The molecule has 0 heterocycles. The fourth-order valence-corrected chi connectivity index (χ4v) is 2.59. The molecule has 2 nitrogen and oxygen atoms in total. The summed E-state index contributed by atoms with van der Waals surface area (Å²) in [7, 11) is 0. The number of hydrogen-bond acceptors (Lipinski definition) is 3. The van der Waals surface area contributed by atoms with Gasteiger partial charge in [0.15, 0.2) is 0 Å². The van der Waals surface area contributed by atoms with Gasteiger partial charge in [0, 0.05) is 0 Å². The van der Waals surface area contributed by atoms with Gasteiger partial charge in [0.2, 0.25) is 0 Å². The lowest BCUT2D eigenvalue weighted by Crippen LogP contribution is -2.13. The van der Waals surface area contributed by atoms with Crippen molar-refractivity contribution in [3.05, 3.63) is 29.3 Å². The van der Waals surface area contributed by atoms with E-state index in [4.69, 9.17) is 10.5 Å². The number of aryl methyl sites for hydroxylation is 2. The fourth-order valence-electron chi connectivity index (χ4n) is 1.56. The molecule has 1 aromatic carbocycles. The van der Waals surface area contributed by atoms with Crippen molar-refractivity contribution in [2.75, 3.05) is 24.7 Å². The van der Waals surface area contributed by atoms with Crippen LogP contribution in [-0.2, 0) is 0 Å². The van der Waals surface area contributed by atoms with Crippen molar-refractivity contribution in [3.63, 3.8) is 0 Å². The molecule has 3 heteroatoms. The number of benzene rings is 1. The number of ether oxygens (including phenoxy) is 1. The molecule has 0 aliphatic heterocycles. The molecule has 0 aliphatic carbocycles. The van der Waals surface area contributed by atoms with Crippen molar-refractivity contribution >= 4 is 11.8 Å². The van der Waals surface area contributed by atoms with Crippen LogP contribution in [0.2, 0.25) is 0 Å². The second kappa shape index (κ2) is 8.44. The molecule has 0 amide bonds. The van der Waals surface area contributed by atoms with E-state index >= 15 is 0 Å². The van der Waals surface area contributed by atoms with Crippen LogP contribution in [0.3, 0.4) is 0 Å². The van der Waals surface area contributed by atoms with Crippen LogP contribution in [0.4, 0.5) is 0 Å². The van der Waals surface area contributed by atoms with Crippen LogP contribution in [0, 0.1) is 19.8 Å². The normalized spacial score (nSPS) is 12.4. The van der Waals surface area contributed by atoms with E-state index in [0.29, 0.717) is 5.92 Å². The molecule has 0 saturated heterocycles. The molecule has 2 N–H and O–H groups in total. The van der Waals surface area contributed by atoms with E-state index in [1.807, 2.05) is 11.8 Å². The van der Waals surface area contributed by atoms with Gasteiger partial charge in [-0.1, -0.05) is 19.1 Å². The van der Waals surface area contributed by atoms with Crippen LogP contribution in [0.15, 0.2) is 18.2 Å². The van der Waals surface area contributed by atoms with Crippen molar-refractivity contribution in [1.82, 2.24) is 0 Å². The first-order valence-corrected chi connectivity index (χ1v) is 7.76. The van der Waals surface area contributed by atoms with Crippen molar-refractivity contribution in [2.24, 2.45) is 11.7 Å². The predicted octanol–water partition coefficient (Wildman–Crippen LogP) is 3.40. The molecule has 0 spiro atoms. The molecule has 1 aromatic rings. The van der Waals surface area contributed by atoms with E-state index in [1.54, 1.807) is 0 Å². The topological polar surface area (TPSA) is 35.2 Å². The average molecular weight is 267 g/mol. The molecule has 0 fully saturated rings. The second-order valence-electron chi connectivity index (χ2n) is 4.89. The van der Waals surface area contributed by atoms with Crippen molar-refractivity contribution in [3.8, 4) is 5.75 Å². The Balaban J connectivity index is 2.16. The summed E-state index contributed by atoms with van der Waals surface area (Å²) in [4.78, 5) is 0. The maximum absolute atomic E-state index is 5.81. The summed E-state index contributed by atoms with van der Waals surface area (Å²) < 4.78 is 5.81. The van der Waals surface area contributed by atoms with Gasteiger partial charge in [-0.3, -0.25) is 0 Å². The number of nitrogens with two attached hydrogens (primary N) is 1. The minimum Gasteiger partial charge on any atom is -0.493 e. The highest BCUT2D eigenvalue weighted by Gasteiger charge is 2.01. The Kier molecular flexibility index (Phi) is 7.21. The Morgan fingerprint density at radius 2 is 2.11 bits per heavy atom. The van der Waals surface area contributed by atoms with E-state index in [-0.39, 0.29) is 0 Å².